The minimum Gasteiger partial charge on any atom is -0.482 e. The zero-order valence-corrected chi connectivity index (χ0v) is 19.3. The molecule has 0 heterocycles. The van der Waals surface area contributed by atoms with Gasteiger partial charge in [-0.1, -0.05) is 38.1 Å². The number of hydrogen-bond donors (Lipinski definition) is 5. The number of nitrogens with two attached hydrogens (primary N) is 1. The van der Waals surface area contributed by atoms with E-state index in [0.29, 0.717) is 17.0 Å². The summed E-state index contributed by atoms with van der Waals surface area (Å²) in [4.78, 5) is 36.6. The van der Waals surface area contributed by atoms with Crippen molar-refractivity contribution in [3.8, 4) is 5.75 Å². The van der Waals surface area contributed by atoms with Gasteiger partial charge >= 0.3 is 5.97 Å². The number of nitrogens with one attached hydrogen (secondary N) is 3. The van der Waals surface area contributed by atoms with Crippen LogP contribution < -0.4 is 21.1 Å². The van der Waals surface area contributed by atoms with Crippen molar-refractivity contribution in [2.45, 2.75) is 19.8 Å². The largest absolute Gasteiger partial charge is 0.482 e. The Morgan fingerprint density at radius 2 is 1.51 bits per heavy atom. The summed E-state index contributed by atoms with van der Waals surface area (Å²) in [6.07, 6.45) is 0. The normalized spacial score (nSPS) is 10.5. The third-order valence-corrected chi connectivity index (χ3v) is 5.13. The van der Waals surface area contributed by atoms with Gasteiger partial charge in [-0.25, -0.2) is 4.79 Å². The standard InChI is InChI=1S/C26H26N4O5/c1-15(2)16-6-8-17(9-7-16)25(33)30-22-13-20(35-14-23(31)32)10-11-21(22)29-26(34)19-5-3-4-18(12-19)24(27)28/h3-13,15H,14H2,1-2H3,(H3,27,28)(H,29,34)(H,30,33)(H,31,32). The minimum atomic E-state index is -1.15. The van der Waals surface area contributed by atoms with Gasteiger partial charge in [-0.2, -0.15) is 0 Å². The Morgan fingerprint density at radius 3 is 2.14 bits per heavy atom. The van der Waals surface area contributed by atoms with E-state index in [1.165, 1.54) is 24.3 Å². The molecule has 0 fully saturated rings. The number of benzene rings is 3. The van der Waals surface area contributed by atoms with E-state index in [-0.39, 0.29) is 28.5 Å². The summed E-state index contributed by atoms with van der Waals surface area (Å²) in [6.45, 7) is 3.55. The number of amides is 2. The maximum absolute atomic E-state index is 12.9. The van der Waals surface area contributed by atoms with Crippen molar-refractivity contribution in [2.75, 3.05) is 17.2 Å². The second kappa shape index (κ2) is 11.0. The van der Waals surface area contributed by atoms with E-state index in [0.717, 1.165) is 5.56 Å². The number of hydrogen-bond acceptors (Lipinski definition) is 5. The SMILES string of the molecule is CC(C)c1ccc(C(=O)Nc2cc(OCC(=O)O)ccc2NC(=O)c2cccc(C(=N)N)c2)cc1. The number of anilines is 2. The van der Waals surface area contributed by atoms with Gasteiger partial charge in [0, 0.05) is 22.8 Å². The zero-order chi connectivity index (χ0) is 25.5. The predicted octanol–water partition coefficient (Wildman–Crippen LogP) is 4.06. The van der Waals surface area contributed by atoms with Crippen molar-refractivity contribution in [3.63, 3.8) is 0 Å². The van der Waals surface area contributed by atoms with Crippen LogP contribution in [0.25, 0.3) is 0 Å². The van der Waals surface area contributed by atoms with Crippen molar-refractivity contribution < 1.29 is 24.2 Å². The fourth-order valence-corrected chi connectivity index (χ4v) is 3.21. The third kappa shape index (κ3) is 6.67. The number of rotatable bonds is 9. The molecule has 0 bridgehead atoms. The van der Waals surface area contributed by atoms with Crippen LogP contribution in [0.15, 0.2) is 66.7 Å². The highest BCUT2D eigenvalue weighted by molar-refractivity contribution is 6.10. The number of aliphatic carboxylic acids is 1. The first kappa shape index (κ1) is 25.0. The van der Waals surface area contributed by atoms with E-state index < -0.39 is 24.4 Å². The first-order valence-electron chi connectivity index (χ1n) is 10.8. The average Bonchev–Trinajstić information content (AvgIpc) is 2.84. The van der Waals surface area contributed by atoms with Crippen LogP contribution in [-0.2, 0) is 4.79 Å². The Balaban J connectivity index is 1.88. The van der Waals surface area contributed by atoms with E-state index in [1.54, 1.807) is 30.3 Å². The fraction of sp³-hybridized carbons (Fsp3) is 0.154. The Bertz CT molecular complexity index is 1270. The molecule has 3 rings (SSSR count). The summed E-state index contributed by atoms with van der Waals surface area (Å²) in [5, 5.41) is 21.9. The van der Waals surface area contributed by atoms with Crippen molar-refractivity contribution in [1.82, 2.24) is 0 Å². The molecule has 0 aromatic heterocycles. The van der Waals surface area contributed by atoms with Crippen molar-refractivity contribution in [2.24, 2.45) is 5.73 Å². The van der Waals surface area contributed by atoms with E-state index in [9.17, 15) is 14.4 Å². The molecule has 9 nitrogen and oxygen atoms in total. The van der Waals surface area contributed by atoms with Crippen molar-refractivity contribution in [1.29, 1.82) is 5.41 Å². The van der Waals surface area contributed by atoms with Gasteiger partial charge in [0.1, 0.15) is 11.6 Å². The van der Waals surface area contributed by atoms with Crippen LogP contribution in [0.2, 0.25) is 0 Å². The van der Waals surface area contributed by atoms with Crippen LogP contribution in [0.4, 0.5) is 11.4 Å². The van der Waals surface area contributed by atoms with Crippen LogP contribution in [0.1, 0.15) is 51.6 Å². The lowest BCUT2D eigenvalue weighted by Crippen LogP contribution is -2.18. The number of carbonyl (C=O) groups excluding carboxylic acids is 2. The lowest BCUT2D eigenvalue weighted by molar-refractivity contribution is -0.139. The van der Waals surface area contributed by atoms with Crippen molar-refractivity contribution in [3.05, 3.63) is 89.0 Å². The summed E-state index contributed by atoms with van der Waals surface area (Å²) in [5.41, 5.74) is 8.18. The first-order valence-corrected chi connectivity index (χ1v) is 10.8. The van der Waals surface area contributed by atoms with Gasteiger partial charge in [0.25, 0.3) is 11.8 Å². The molecule has 180 valence electrons. The van der Waals surface area contributed by atoms with Crippen molar-refractivity contribution >= 4 is 35.0 Å². The van der Waals surface area contributed by atoms with Gasteiger partial charge in [0.15, 0.2) is 6.61 Å². The van der Waals surface area contributed by atoms with Crippen LogP contribution in [0.3, 0.4) is 0 Å². The fourth-order valence-electron chi connectivity index (χ4n) is 3.21. The Morgan fingerprint density at radius 1 is 0.886 bits per heavy atom. The third-order valence-electron chi connectivity index (χ3n) is 5.13. The second-order valence-corrected chi connectivity index (χ2v) is 8.07. The molecule has 6 N–H and O–H groups in total. The molecule has 0 unspecified atom stereocenters. The highest BCUT2D eigenvalue weighted by Gasteiger charge is 2.15. The lowest BCUT2D eigenvalue weighted by Gasteiger charge is -2.15. The molecule has 0 aliphatic carbocycles. The molecule has 3 aromatic carbocycles. The van der Waals surface area contributed by atoms with Crippen LogP contribution in [0.5, 0.6) is 5.75 Å². The first-order chi connectivity index (χ1) is 16.6. The summed E-state index contributed by atoms with van der Waals surface area (Å²) >= 11 is 0. The lowest BCUT2D eigenvalue weighted by atomic mass is 10.0. The maximum atomic E-state index is 12.9. The van der Waals surface area contributed by atoms with Gasteiger partial charge in [-0.15, -0.1) is 0 Å². The smallest absolute Gasteiger partial charge is 0.341 e. The molecular weight excluding hydrogens is 448 g/mol. The molecule has 2 amide bonds. The van der Waals surface area contributed by atoms with Gasteiger partial charge < -0.3 is 26.2 Å². The molecule has 9 heteroatoms. The quantitative estimate of drug-likeness (QED) is 0.233. The number of carboxylic acid groups (broad SMARTS) is 1. The molecule has 0 saturated heterocycles. The highest BCUT2D eigenvalue weighted by Crippen LogP contribution is 2.29. The molecule has 0 atom stereocenters. The summed E-state index contributed by atoms with van der Waals surface area (Å²) in [7, 11) is 0. The number of ether oxygens (including phenoxy) is 1. The number of carbonyl (C=O) groups is 3. The van der Waals surface area contributed by atoms with E-state index in [4.69, 9.17) is 21.0 Å². The molecule has 0 radical (unpaired) electrons. The summed E-state index contributed by atoms with van der Waals surface area (Å²) in [5.74, 6) is -1.69. The molecule has 0 spiro atoms. The summed E-state index contributed by atoms with van der Waals surface area (Å²) < 4.78 is 5.22. The van der Waals surface area contributed by atoms with E-state index in [2.05, 4.69) is 24.5 Å². The molecule has 3 aromatic rings. The number of nitrogen functional groups attached to an aromatic ring is 1. The van der Waals surface area contributed by atoms with E-state index >= 15 is 0 Å². The van der Waals surface area contributed by atoms with Crippen LogP contribution in [0, 0.1) is 5.41 Å². The molecule has 0 aliphatic rings. The van der Waals surface area contributed by atoms with Crippen LogP contribution >= 0.6 is 0 Å². The number of amidine groups is 1. The Labute approximate surface area is 202 Å². The molecule has 0 aliphatic heterocycles. The monoisotopic (exact) mass is 474 g/mol. The minimum absolute atomic E-state index is 0.170. The predicted molar refractivity (Wildman–Crippen MR) is 133 cm³/mol. The average molecular weight is 475 g/mol. The topological polar surface area (TPSA) is 155 Å². The van der Waals surface area contributed by atoms with Gasteiger partial charge in [0.05, 0.1) is 11.4 Å². The van der Waals surface area contributed by atoms with Gasteiger partial charge in [-0.05, 0) is 47.9 Å². The van der Waals surface area contributed by atoms with Gasteiger partial charge in [0.2, 0.25) is 0 Å². The molecule has 0 saturated carbocycles. The van der Waals surface area contributed by atoms with Crippen LogP contribution in [-0.4, -0.2) is 35.3 Å². The number of carboxylic acids is 1. The highest BCUT2D eigenvalue weighted by atomic mass is 16.5. The van der Waals surface area contributed by atoms with E-state index in [1.807, 2.05) is 12.1 Å². The maximum Gasteiger partial charge on any atom is 0.341 e. The summed E-state index contributed by atoms with van der Waals surface area (Å²) in [6, 6.07) is 17.9. The second-order valence-electron chi connectivity index (χ2n) is 8.07. The van der Waals surface area contributed by atoms with Gasteiger partial charge in [-0.3, -0.25) is 15.0 Å². The Kier molecular flexibility index (Phi) is 7.83. The molecule has 35 heavy (non-hydrogen) atoms. The Hall–Kier alpha value is -4.66. The zero-order valence-electron chi connectivity index (χ0n) is 19.3. The molecular formula is C26H26N4O5.